The number of halogens is 2. The first kappa shape index (κ1) is 21.1. The molecule has 0 amide bonds. The van der Waals surface area contributed by atoms with E-state index in [0.717, 1.165) is 55.4 Å². The second-order valence-electron chi connectivity index (χ2n) is 8.56. The molecule has 2 heterocycles. The molecule has 1 N–H and O–H groups in total. The predicted octanol–water partition coefficient (Wildman–Crippen LogP) is 5.32. The van der Waals surface area contributed by atoms with Gasteiger partial charge in [-0.25, -0.2) is 0 Å². The van der Waals surface area contributed by atoms with Crippen molar-refractivity contribution in [1.29, 1.82) is 0 Å². The van der Waals surface area contributed by atoms with Gasteiger partial charge in [0.25, 0.3) is 0 Å². The van der Waals surface area contributed by atoms with Gasteiger partial charge < -0.3 is 10.1 Å². The quantitative estimate of drug-likeness (QED) is 0.706. The molecule has 2 fully saturated rings. The van der Waals surface area contributed by atoms with Crippen LogP contribution in [-0.2, 0) is 17.8 Å². The lowest BCUT2D eigenvalue weighted by Crippen LogP contribution is -2.28. The Morgan fingerprint density at radius 1 is 0.931 bits per heavy atom. The Kier molecular flexibility index (Phi) is 6.80. The van der Waals surface area contributed by atoms with Gasteiger partial charge in [0.1, 0.15) is 5.82 Å². The third-order valence-electron chi connectivity index (χ3n) is 6.61. The highest BCUT2D eigenvalue weighted by atomic mass is 35.5. The summed E-state index contributed by atoms with van der Waals surface area (Å²) in [4.78, 5) is 0. The van der Waals surface area contributed by atoms with Crippen LogP contribution in [-0.4, -0.2) is 27.0 Å². The fraction of sp³-hybridized carbons (Fsp3) is 0.636. The van der Waals surface area contributed by atoms with E-state index in [1.807, 2.05) is 6.07 Å². The summed E-state index contributed by atoms with van der Waals surface area (Å²) in [5.41, 5.74) is 2.38. The third-order valence-corrected chi connectivity index (χ3v) is 6.85. The van der Waals surface area contributed by atoms with E-state index in [4.69, 9.17) is 16.3 Å². The van der Waals surface area contributed by atoms with Crippen molar-refractivity contribution in [2.45, 2.75) is 89.0 Å². The monoisotopic (exact) mass is 436 g/mol. The van der Waals surface area contributed by atoms with E-state index in [1.165, 1.54) is 43.4 Å². The highest BCUT2D eigenvalue weighted by Crippen LogP contribution is 2.37. The van der Waals surface area contributed by atoms with Gasteiger partial charge in [-0.15, -0.1) is 22.6 Å². The lowest BCUT2D eigenvalue weighted by molar-refractivity contribution is -0.0474. The van der Waals surface area contributed by atoms with Crippen molar-refractivity contribution >= 4 is 24.0 Å². The van der Waals surface area contributed by atoms with E-state index in [9.17, 15) is 0 Å². The summed E-state index contributed by atoms with van der Waals surface area (Å²) in [6.07, 6.45) is 12.0. The summed E-state index contributed by atoms with van der Waals surface area (Å²) in [7, 11) is 0. The summed E-state index contributed by atoms with van der Waals surface area (Å²) in [5.74, 6) is 2.56. The molecule has 2 aromatic rings. The van der Waals surface area contributed by atoms with Crippen LogP contribution >= 0.6 is 24.0 Å². The summed E-state index contributed by atoms with van der Waals surface area (Å²) in [5, 5.41) is 13.4. The summed E-state index contributed by atoms with van der Waals surface area (Å²) < 4.78 is 8.71. The average Bonchev–Trinajstić information content (AvgIpc) is 3.05. The van der Waals surface area contributed by atoms with Crippen molar-refractivity contribution in [3.05, 3.63) is 40.4 Å². The van der Waals surface area contributed by atoms with Crippen LogP contribution in [0.3, 0.4) is 0 Å². The number of hydrogen-bond donors (Lipinski definition) is 1. The molecule has 158 valence electrons. The average molecular weight is 437 g/mol. The number of fused-ring (bicyclic) bond motifs is 3. The van der Waals surface area contributed by atoms with Crippen molar-refractivity contribution in [2.24, 2.45) is 0 Å². The van der Waals surface area contributed by atoms with Crippen LogP contribution in [0.4, 0.5) is 0 Å². The van der Waals surface area contributed by atoms with E-state index >= 15 is 0 Å². The number of nitrogens with zero attached hydrogens (tertiary/aromatic N) is 3. The molecule has 7 heteroatoms. The molecule has 5 rings (SSSR count). The number of nitrogens with one attached hydrogen (secondary N) is 1. The zero-order valence-electron chi connectivity index (χ0n) is 16.8. The van der Waals surface area contributed by atoms with Gasteiger partial charge in [-0.2, -0.15) is 0 Å². The van der Waals surface area contributed by atoms with Crippen LogP contribution in [0, 0.1) is 0 Å². The normalized spacial score (nSPS) is 24.9. The van der Waals surface area contributed by atoms with E-state index in [0.29, 0.717) is 18.1 Å². The number of rotatable bonds is 3. The molecule has 0 bridgehead atoms. The first-order valence-electron chi connectivity index (χ1n) is 10.9. The predicted molar refractivity (Wildman–Crippen MR) is 117 cm³/mol. The fourth-order valence-corrected chi connectivity index (χ4v) is 5.32. The van der Waals surface area contributed by atoms with Gasteiger partial charge in [-0.1, -0.05) is 30.9 Å². The molecule has 3 aliphatic rings. The smallest absolute Gasteiger partial charge is 0.151 e. The Bertz CT molecular complexity index is 826. The van der Waals surface area contributed by atoms with Crippen molar-refractivity contribution in [2.75, 3.05) is 0 Å². The third kappa shape index (κ3) is 4.48. The van der Waals surface area contributed by atoms with Crippen LogP contribution in [0.1, 0.15) is 80.9 Å². The molecule has 1 aliphatic heterocycles. The van der Waals surface area contributed by atoms with Crippen molar-refractivity contribution in [1.82, 2.24) is 20.1 Å². The van der Waals surface area contributed by atoms with Crippen LogP contribution in [0.5, 0.6) is 0 Å². The van der Waals surface area contributed by atoms with Gasteiger partial charge in [0.05, 0.1) is 24.4 Å². The maximum absolute atomic E-state index is 6.43. The first-order valence-corrected chi connectivity index (χ1v) is 11.2. The van der Waals surface area contributed by atoms with Gasteiger partial charge in [0.15, 0.2) is 5.82 Å². The molecule has 0 atom stereocenters. The lowest BCUT2D eigenvalue weighted by Gasteiger charge is -2.32. The van der Waals surface area contributed by atoms with E-state index in [-0.39, 0.29) is 12.4 Å². The topological polar surface area (TPSA) is 52.0 Å². The summed E-state index contributed by atoms with van der Waals surface area (Å²) in [6.45, 7) is 1.54. The lowest BCUT2D eigenvalue weighted by atomic mass is 9.86. The number of benzene rings is 1. The van der Waals surface area contributed by atoms with Crippen LogP contribution < -0.4 is 5.32 Å². The van der Waals surface area contributed by atoms with Gasteiger partial charge in [-0.05, 0) is 62.3 Å². The largest absolute Gasteiger partial charge is 0.375 e. The molecular weight excluding hydrogens is 407 g/mol. The Labute approximate surface area is 184 Å². The zero-order valence-corrected chi connectivity index (χ0v) is 18.4. The maximum atomic E-state index is 6.43. The summed E-state index contributed by atoms with van der Waals surface area (Å²) in [6, 6.07) is 6.13. The van der Waals surface area contributed by atoms with E-state index < -0.39 is 0 Å². The summed E-state index contributed by atoms with van der Waals surface area (Å²) >= 11 is 6.23. The number of ether oxygens (including phenoxy) is 1. The van der Waals surface area contributed by atoms with E-state index in [1.54, 1.807) is 0 Å². The molecule has 5 nitrogen and oxygen atoms in total. The SMILES string of the molecule is Cl.Clc1ccc2c(c1)CNCc1nnc([C@H]3CC[C@@H](OC4CCCCC4)CC3)n1-2. The molecule has 29 heavy (non-hydrogen) atoms. The highest BCUT2D eigenvalue weighted by molar-refractivity contribution is 6.30. The van der Waals surface area contributed by atoms with Crippen molar-refractivity contribution in [3.8, 4) is 5.69 Å². The van der Waals surface area contributed by atoms with Gasteiger partial charge in [0, 0.05) is 17.5 Å². The molecule has 0 saturated heterocycles. The Hall–Kier alpha value is -1.14. The minimum atomic E-state index is 0. The fourth-order valence-electron chi connectivity index (χ4n) is 5.12. The molecule has 1 aromatic carbocycles. The molecule has 2 aliphatic carbocycles. The number of aromatic nitrogens is 3. The second kappa shape index (κ2) is 9.34. The molecule has 2 saturated carbocycles. The van der Waals surface area contributed by atoms with Crippen LogP contribution in [0.25, 0.3) is 5.69 Å². The Balaban J connectivity index is 0.00000205. The minimum Gasteiger partial charge on any atom is -0.375 e. The van der Waals surface area contributed by atoms with Crippen LogP contribution in [0.15, 0.2) is 18.2 Å². The zero-order chi connectivity index (χ0) is 18.9. The first-order chi connectivity index (χ1) is 13.8. The van der Waals surface area contributed by atoms with Crippen LogP contribution in [0.2, 0.25) is 5.02 Å². The van der Waals surface area contributed by atoms with Gasteiger partial charge in [-0.3, -0.25) is 4.57 Å². The molecule has 0 unspecified atom stereocenters. The minimum absolute atomic E-state index is 0. The Morgan fingerprint density at radius 3 is 2.48 bits per heavy atom. The molecular formula is C22H30Cl2N4O. The highest BCUT2D eigenvalue weighted by Gasteiger charge is 2.30. The van der Waals surface area contributed by atoms with Crippen molar-refractivity contribution < 1.29 is 4.74 Å². The second-order valence-corrected chi connectivity index (χ2v) is 8.99. The Morgan fingerprint density at radius 2 is 1.69 bits per heavy atom. The molecule has 0 radical (unpaired) electrons. The molecule has 0 spiro atoms. The van der Waals surface area contributed by atoms with E-state index in [2.05, 4.69) is 32.2 Å². The molecule has 1 aromatic heterocycles. The van der Waals surface area contributed by atoms with Gasteiger partial charge in [0.2, 0.25) is 0 Å². The van der Waals surface area contributed by atoms with Crippen molar-refractivity contribution in [3.63, 3.8) is 0 Å². The maximum Gasteiger partial charge on any atom is 0.151 e. The number of hydrogen-bond acceptors (Lipinski definition) is 4. The standard InChI is InChI=1S/C22H29ClN4O.ClH/c23-17-8-11-20-16(12-17)13-24-14-21-25-26-22(27(20)21)15-6-9-19(10-7-15)28-18-4-2-1-3-5-18;/h8,11-12,15,18-19,24H,1-7,9-10,13-14H2;1H/t15-,19+;. The van der Waals surface area contributed by atoms with Gasteiger partial charge >= 0.3 is 0 Å².